The number of aryl methyl sites for hydroxylation is 1. The highest BCUT2D eigenvalue weighted by molar-refractivity contribution is 9.11. The molecular weight excluding hydrogens is 320 g/mol. The summed E-state index contributed by atoms with van der Waals surface area (Å²) < 4.78 is 1.14. The highest BCUT2D eigenvalue weighted by atomic mass is 79.9. The third kappa shape index (κ3) is 3.07. The second-order valence-electron chi connectivity index (χ2n) is 3.88. The molecule has 0 saturated carbocycles. The van der Waals surface area contributed by atoms with E-state index in [9.17, 15) is 0 Å². The summed E-state index contributed by atoms with van der Waals surface area (Å²) in [6.45, 7) is 2.07. The van der Waals surface area contributed by atoms with Crippen molar-refractivity contribution in [2.24, 2.45) is 5.73 Å². The summed E-state index contributed by atoms with van der Waals surface area (Å²) in [5.74, 6) is 0. The maximum Gasteiger partial charge on any atom is 0.0731 e. The van der Waals surface area contributed by atoms with Gasteiger partial charge in [0.1, 0.15) is 0 Å². The van der Waals surface area contributed by atoms with Gasteiger partial charge in [0.15, 0.2) is 0 Å². The van der Waals surface area contributed by atoms with E-state index in [2.05, 4.69) is 33.9 Å². The molecule has 0 aliphatic carbocycles. The molecule has 2 rings (SSSR count). The molecule has 2 nitrogen and oxygen atoms in total. The fourth-order valence-electron chi connectivity index (χ4n) is 1.57. The molecule has 2 aromatic heterocycles. The van der Waals surface area contributed by atoms with Gasteiger partial charge in [0, 0.05) is 23.3 Å². The topological polar surface area (TPSA) is 38.9 Å². The Labute approximate surface area is 118 Å². The summed E-state index contributed by atoms with van der Waals surface area (Å²) in [4.78, 5) is 5.13. The van der Waals surface area contributed by atoms with Crippen LogP contribution in [0, 0.1) is 6.92 Å². The van der Waals surface area contributed by atoms with Crippen LogP contribution in [0.15, 0.2) is 28.3 Å². The molecule has 2 aromatic rings. The Kier molecular flexibility index (Phi) is 4.20. The Morgan fingerprint density at radius 3 is 2.94 bits per heavy atom. The largest absolute Gasteiger partial charge is 0.323 e. The number of nitrogens with zero attached hydrogens (tertiary/aromatic N) is 1. The standard InChI is InChI=1S/C12H12BrClN2S/c1-7-4-11(17-12(7)13)10(15)5-8-2-3-16-6-9(8)14/h2-4,6,10H,5,15H2,1H3. The van der Waals surface area contributed by atoms with Gasteiger partial charge in [0.2, 0.25) is 0 Å². The van der Waals surface area contributed by atoms with Crippen LogP contribution in [0.5, 0.6) is 0 Å². The molecule has 0 spiro atoms. The van der Waals surface area contributed by atoms with Crippen LogP contribution in [0.3, 0.4) is 0 Å². The zero-order valence-electron chi connectivity index (χ0n) is 9.28. The number of aromatic nitrogens is 1. The van der Waals surface area contributed by atoms with Crippen molar-refractivity contribution in [3.8, 4) is 0 Å². The van der Waals surface area contributed by atoms with Gasteiger partial charge in [0.25, 0.3) is 0 Å². The molecule has 5 heteroatoms. The smallest absolute Gasteiger partial charge is 0.0731 e. The first-order chi connectivity index (χ1) is 8.08. The fraction of sp³-hybridized carbons (Fsp3) is 0.250. The van der Waals surface area contributed by atoms with Crippen LogP contribution in [0.25, 0.3) is 0 Å². The van der Waals surface area contributed by atoms with Gasteiger partial charge in [-0.05, 0) is 52.5 Å². The molecule has 90 valence electrons. The second kappa shape index (κ2) is 5.48. The number of hydrogen-bond donors (Lipinski definition) is 1. The number of pyridine rings is 1. The number of nitrogens with two attached hydrogens (primary N) is 1. The monoisotopic (exact) mass is 330 g/mol. The number of rotatable bonds is 3. The van der Waals surface area contributed by atoms with Crippen LogP contribution in [-0.4, -0.2) is 4.98 Å². The van der Waals surface area contributed by atoms with Crippen molar-refractivity contribution in [2.75, 3.05) is 0 Å². The molecule has 1 atom stereocenters. The maximum atomic E-state index is 6.19. The average Bonchev–Trinajstić information content (AvgIpc) is 2.63. The summed E-state index contributed by atoms with van der Waals surface area (Å²) in [6, 6.07) is 4.01. The van der Waals surface area contributed by atoms with Crippen LogP contribution in [0.4, 0.5) is 0 Å². The van der Waals surface area contributed by atoms with E-state index in [1.54, 1.807) is 23.7 Å². The van der Waals surface area contributed by atoms with Crippen molar-refractivity contribution >= 4 is 38.9 Å². The van der Waals surface area contributed by atoms with Gasteiger partial charge in [-0.1, -0.05) is 11.6 Å². The summed E-state index contributed by atoms with van der Waals surface area (Å²) in [5.41, 5.74) is 8.45. The molecule has 0 saturated heterocycles. The minimum absolute atomic E-state index is 0.0232. The van der Waals surface area contributed by atoms with Gasteiger partial charge < -0.3 is 5.73 Å². The van der Waals surface area contributed by atoms with Crippen molar-refractivity contribution in [3.63, 3.8) is 0 Å². The fourth-order valence-corrected chi connectivity index (χ4v) is 3.34. The van der Waals surface area contributed by atoms with E-state index in [1.165, 1.54) is 10.4 Å². The van der Waals surface area contributed by atoms with E-state index in [0.717, 1.165) is 15.8 Å². The van der Waals surface area contributed by atoms with E-state index >= 15 is 0 Å². The van der Waals surface area contributed by atoms with Crippen LogP contribution < -0.4 is 5.73 Å². The molecule has 2 N–H and O–H groups in total. The Morgan fingerprint density at radius 2 is 2.35 bits per heavy atom. The molecular formula is C12H12BrClN2S. The Bertz CT molecular complexity index is 507. The minimum atomic E-state index is -0.0232. The maximum absolute atomic E-state index is 6.19. The van der Waals surface area contributed by atoms with Crippen LogP contribution in [-0.2, 0) is 6.42 Å². The Hall–Kier alpha value is -0.420. The first-order valence-corrected chi connectivity index (χ1v) is 7.16. The van der Waals surface area contributed by atoms with Crippen molar-refractivity contribution < 1.29 is 0 Å². The lowest BCUT2D eigenvalue weighted by molar-refractivity contribution is 0.735. The van der Waals surface area contributed by atoms with Gasteiger partial charge in [0.05, 0.1) is 8.81 Å². The lowest BCUT2D eigenvalue weighted by atomic mass is 10.1. The number of hydrogen-bond acceptors (Lipinski definition) is 3. The van der Waals surface area contributed by atoms with E-state index < -0.39 is 0 Å². The van der Waals surface area contributed by atoms with Crippen molar-refractivity contribution in [1.82, 2.24) is 4.98 Å². The van der Waals surface area contributed by atoms with Gasteiger partial charge in [-0.2, -0.15) is 0 Å². The van der Waals surface area contributed by atoms with E-state index in [1.807, 2.05) is 6.07 Å². The molecule has 0 bridgehead atoms. The quantitative estimate of drug-likeness (QED) is 0.919. The normalized spacial score (nSPS) is 12.7. The second-order valence-corrected chi connectivity index (χ2v) is 6.69. The molecule has 0 aromatic carbocycles. The zero-order valence-corrected chi connectivity index (χ0v) is 12.4. The zero-order chi connectivity index (χ0) is 12.4. The average molecular weight is 332 g/mol. The molecule has 0 aliphatic rings. The first kappa shape index (κ1) is 13.0. The molecule has 17 heavy (non-hydrogen) atoms. The third-order valence-electron chi connectivity index (χ3n) is 2.54. The molecule has 2 heterocycles. The summed E-state index contributed by atoms with van der Waals surface area (Å²) in [5, 5.41) is 0.676. The molecule has 0 radical (unpaired) electrons. The molecule has 1 unspecified atom stereocenters. The number of thiophene rings is 1. The lowest BCUT2D eigenvalue weighted by Gasteiger charge is -2.10. The van der Waals surface area contributed by atoms with E-state index in [-0.39, 0.29) is 6.04 Å². The van der Waals surface area contributed by atoms with Crippen molar-refractivity contribution in [2.45, 2.75) is 19.4 Å². The summed E-state index contributed by atoms with van der Waals surface area (Å²) in [6.07, 6.45) is 4.12. The third-order valence-corrected chi connectivity index (χ3v) is 5.15. The van der Waals surface area contributed by atoms with Gasteiger partial charge >= 0.3 is 0 Å². The predicted octanol–water partition coefficient (Wildman–Crippen LogP) is 4.11. The highest BCUT2D eigenvalue weighted by Gasteiger charge is 2.13. The number of halogens is 2. The van der Waals surface area contributed by atoms with Gasteiger partial charge in [-0.25, -0.2) is 0 Å². The molecule has 0 amide bonds. The molecule has 0 aliphatic heterocycles. The van der Waals surface area contributed by atoms with Crippen molar-refractivity contribution in [1.29, 1.82) is 0 Å². The van der Waals surface area contributed by atoms with E-state index in [4.69, 9.17) is 17.3 Å². The Morgan fingerprint density at radius 1 is 1.59 bits per heavy atom. The minimum Gasteiger partial charge on any atom is -0.323 e. The first-order valence-electron chi connectivity index (χ1n) is 5.17. The van der Waals surface area contributed by atoms with E-state index in [0.29, 0.717) is 5.02 Å². The SMILES string of the molecule is Cc1cc(C(N)Cc2ccncc2Cl)sc1Br. The highest BCUT2D eigenvalue weighted by Crippen LogP contribution is 2.32. The molecule has 0 fully saturated rings. The van der Waals surface area contributed by atoms with Crippen molar-refractivity contribution in [3.05, 3.63) is 49.3 Å². The summed E-state index contributed by atoms with van der Waals surface area (Å²) >= 11 is 11.3. The predicted molar refractivity (Wildman–Crippen MR) is 76.6 cm³/mol. The van der Waals surface area contributed by atoms with Crippen LogP contribution in [0.2, 0.25) is 5.02 Å². The lowest BCUT2D eigenvalue weighted by Crippen LogP contribution is -2.12. The Balaban J connectivity index is 2.17. The van der Waals surface area contributed by atoms with Gasteiger partial charge in [-0.3, -0.25) is 4.98 Å². The van der Waals surface area contributed by atoms with Gasteiger partial charge in [-0.15, -0.1) is 11.3 Å². The summed E-state index contributed by atoms with van der Waals surface area (Å²) in [7, 11) is 0. The van der Waals surface area contributed by atoms with Crippen LogP contribution in [0.1, 0.15) is 22.0 Å². The van der Waals surface area contributed by atoms with Crippen LogP contribution >= 0.6 is 38.9 Å².